The second-order valence-corrected chi connectivity index (χ2v) is 2.07. The van der Waals surface area contributed by atoms with E-state index in [1.165, 1.54) is 11.1 Å². The van der Waals surface area contributed by atoms with Crippen molar-refractivity contribution in [2.45, 2.75) is 13.8 Å². The highest BCUT2D eigenvalue weighted by Gasteiger charge is 1.84. The van der Waals surface area contributed by atoms with Gasteiger partial charge in [0.15, 0.2) is 0 Å². The molecule has 0 N–H and O–H groups in total. The molecule has 0 aromatic rings. The van der Waals surface area contributed by atoms with Crippen LogP contribution in [0.5, 0.6) is 0 Å². The van der Waals surface area contributed by atoms with Crippen LogP contribution < -0.4 is 0 Å². The standard InChI is InChI=1S/C9H13N.C2H4/c1-5-8(2)9(3)6-7-10-4;1-2/h5-7H,1,4H2,2-3H3;1-2H2/b7-6-,9-8+;. The third-order valence-corrected chi connectivity index (χ3v) is 1.36. The Morgan fingerprint density at radius 1 is 1.17 bits per heavy atom. The van der Waals surface area contributed by atoms with Gasteiger partial charge < -0.3 is 0 Å². The minimum Gasteiger partial charge on any atom is -0.273 e. The van der Waals surface area contributed by atoms with Gasteiger partial charge in [-0.1, -0.05) is 12.7 Å². The van der Waals surface area contributed by atoms with Crippen molar-refractivity contribution in [3.8, 4) is 0 Å². The van der Waals surface area contributed by atoms with Gasteiger partial charge in [0.2, 0.25) is 0 Å². The molecule has 0 saturated carbocycles. The molecule has 0 rings (SSSR count). The van der Waals surface area contributed by atoms with Crippen LogP contribution in [0, 0.1) is 0 Å². The third kappa shape index (κ3) is 6.75. The van der Waals surface area contributed by atoms with Crippen molar-refractivity contribution in [1.29, 1.82) is 0 Å². The molecule has 0 saturated heterocycles. The van der Waals surface area contributed by atoms with Crippen molar-refractivity contribution >= 4 is 6.72 Å². The molecule has 1 heteroatoms. The SMILES string of the molecule is C=C.C=C/C(C)=C(C)/C=C\N=C. The van der Waals surface area contributed by atoms with Gasteiger partial charge in [-0.05, 0) is 37.8 Å². The van der Waals surface area contributed by atoms with Crippen LogP contribution in [0.15, 0.2) is 54.2 Å². The van der Waals surface area contributed by atoms with Crippen LogP contribution in [0.4, 0.5) is 0 Å². The van der Waals surface area contributed by atoms with E-state index < -0.39 is 0 Å². The summed E-state index contributed by atoms with van der Waals surface area (Å²) in [5, 5.41) is 0. The Kier molecular flexibility index (Phi) is 10.6. The molecule has 0 bridgehead atoms. The van der Waals surface area contributed by atoms with Crippen molar-refractivity contribution < 1.29 is 0 Å². The van der Waals surface area contributed by atoms with Crippen LogP contribution in [0.25, 0.3) is 0 Å². The lowest BCUT2D eigenvalue weighted by molar-refractivity contribution is 1.37. The van der Waals surface area contributed by atoms with E-state index in [1.807, 2.05) is 26.0 Å². The molecule has 0 aliphatic rings. The van der Waals surface area contributed by atoms with Crippen molar-refractivity contribution in [2.24, 2.45) is 4.99 Å². The van der Waals surface area contributed by atoms with Crippen LogP contribution in [0.2, 0.25) is 0 Å². The van der Waals surface area contributed by atoms with Crippen molar-refractivity contribution in [2.75, 3.05) is 0 Å². The van der Waals surface area contributed by atoms with Crippen LogP contribution in [0.1, 0.15) is 13.8 Å². The Hall–Kier alpha value is -1.37. The van der Waals surface area contributed by atoms with Gasteiger partial charge in [-0.2, -0.15) is 0 Å². The largest absolute Gasteiger partial charge is 0.273 e. The van der Waals surface area contributed by atoms with Crippen LogP contribution in [-0.2, 0) is 0 Å². The smallest absolute Gasteiger partial charge is 0.0263 e. The van der Waals surface area contributed by atoms with E-state index in [0.717, 1.165) is 0 Å². The molecule has 0 spiro atoms. The molecule has 0 aliphatic heterocycles. The fraction of sp³-hybridized carbons (Fsp3) is 0.182. The molecule has 0 radical (unpaired) electrons. The summed E-state index contributed by atoms with van der Waals surface area (Å²) >= 11 is 0. The Bertz CT molecular complexity index is 197. The van der Waals surface area contributed by atoms with E-state index in [-0.39, 0.29) is 0 Å². The van der Waals surface area contributed by atoms with E-state index in [9.17, 15) is 0 Å². The van der Waals surface area contributed by atoms with Crippen LogP contribution in [-0.4, -0.2) is 6.72 Å². The second kappa shape index (κ2) is 9.63. The Morgan fingerprint density at radius 2 is 1.67 bits per heavy atom. The predicted molar refractivity (Wildman–Crippen MR) is 58.5 cm³/mol. The van der Waals surface area contributed by atoms with Crippen molar-refractivity contribution in [3.63, 3.8) is 0 Å². The maximum atomic E-state index is 3.65. The van der Waals surface area contributed by atoms with E-state index in [2.05, 4.69) is 31.4 Å². The van der Waals surface area contributed by atoms with E-state index in [0.29, 0.717) is 0 Å². The quantitative estimate of drug-likeness (QED) is 0.343. The molecule has 0 fully saturated rings. The lowest BCUT2D eigenvalue weighted by Gasteiger charge is -1.93. The summed E-state index contributed by atoms with van der Waals surface area (Å²) in [5.74, 6) is 0. The molecule has 0 aliphatic carbocycles. The Morgan fingerprint density at radius 3 is 2.00 bits per heavy atom. The minimum atomic E-state index is 1.17. The number of hydrogen-bond acceptors (Lipinski definition) is 1. The van der Waals surface area contributed by atoms with Crippen LogP contribution >= 0.6 is 0 Å². The molecule has 0 unspecified atom stereocenters. The highest BCUT2D eigenvalue weighted by molar-refractivity contribution is 5.31. The molecular formula is C11H17N. The van der Waals surface area contributed by atoms with E-state index >= 15 is 0 Å². The molecule has 0 heterocycles. The topological polar surface area (TPSA) is 12.4 Å². The summed E-state index contributed by atoms with van der Waals surface area (Å²) in [4.78, 5) is 3.59. The molecule has 1 nitrogen and oxygen atoms in total. The maximum absolute atomic E-state index is 3.65. The molecule has 0 amide bonds. The van der Waals surface area contributed by atoms with Crippen molar-refractivity contribution in [3.05, 3.63) is 49.2 Å². The van der Waals surface area contributed by atoms with Crippen LogP contribution in [0.3, 0.4) is 0 Å². The van der Waals surface area contributed by atoms with Gasteiger partial charge in [0.25, 0.3) is 0 Å². The molecule has 0 aromatic carbocycles. The number of hydrogen-bond donors (Lipinski definition) is 0. The first-order valence-corrected chi connectivity index (χ1v) is 3.64. The fourth-order valence-corrected chi connectivity index (χ4v) is 0.457. The van der Waals surface area contributed by atoms with Gasteiger partial charge >= 0.3 is 0 Å². The summed E-state index contributed by atoms with van der Waals surface area (Å²) in [6, 6.07) is 0. The third-order valence-electron chi connectivity index (χ3n) is 1.36. The highest BCUT2D eigenvalue weighted by Crippen LogP contribution is 2.04. The zero-order chi connectivity index (χ0) is 9.98. The average molecular weight is 163 g/mol. The normalized spacial score (nSPS) is 11.2. The van der Waals surface area contributed by atoms with E-state index in [4.69, 9.17) is 0 Å². The first kappa shape index (κ1) is 13.2. The molecule has 0 atom stereocenters. The van der Waals surface area contributed by atoms with Gasteiger partial charge in [0.1, 0.15) is 0 Å². The number of aliphatic imine (C=N–C) groups is 1. The molecule has 0 aromatic heterocycles. The van der Waals surface area contributed by atoms with Crippen molar-refractivity contribution in [1.82, 2.24) is 0 Å². The zero-order valence-corrected chi connectivity index (χ0v) is 8.01. The summed E-state index contributed by atoms with van der Waals surface area (Å²) in [7, 11) is 0. The Labute approximate surface area is 75.5 Å². The maximum Gasteiger partial charge on any atom is 0.0263 e. The lowest BCUT2D eigenvalue weighted by Crippen LogP contribution is -1.73. The predicted octanol–water partition coefficient (Wildman–Crippen LogP) is 3.53. The fourth-order valence-electron chi connectivity index (χ4n) is 0.457. The number of nitrogens with zero attached hydrogens (tertiary/aromatic N) is 1. The van der Waals surface area contributed by atoms with Gasteiger partial charge in [0, 0.05) is 6.20 Å². The molecular weight excluding hydrogens is 146 g/mol. The monoisotopic (exact) mass is 163 g/mol. The summed E-state index contributed by atoms with van der Waals surface area (Å²) in [6.07, 6.45) is 5.40. The van der Waals surface area contributed by atoms with E-state index in [1.54, 1.807) is 6.20 Å². The molecule has 66 valence electrons. The van der Waals surface area contributed by atoms with Gasteiger partial charge in [-0.3, -0.25) is 4.99 Å². The lowest BCUT2D eigenvalue weighted by atomic mass is 10.1. The Balaban J connectivity index is 0. The number of allylic oxidation sites excluding steroid dienone is 4. The highest BCUT2D eigenvalue weighted by atomic mass is 14.6. The average Bonchev–Trinajstić information content (AvgIpc) is 2.16. The second-order valence-electron chi connectivity index (χ2n) is 2.07. The summed E-state index contributed by atoms with van der Waals surface area (Å²) < 4.78 is 0. The molecule has 12 heavy (non-hydrogen) atoms. The first-order chi connectivity index (χ1) is 5.72. The minimum absolute atomic E-state index is 1.17. The van der Waals surface area contributed by atoms with Gasteiger partial charge in [-0.15, -0.1) is 13.2 Å². The summed E-state index contributed by atoms with van der Waals surface area (Å²) in [5.41, 5.74) is 2.34. The number of rotatable bonds is 3. The van der Waals surface area contributed by atoms with Gasteiger partial charge in [0.05, 0.1) is 0 Å². The summed E-state index contributed by atoms with van der Waals surface area (Å²) in [6.45, 7) is 17.0. The zero-order valence-electron chi connectivity index (χ0n) is 8.01. The first-order valence-electron chi connectivity index (χ1n) is 3.64. The van der Waals surface area contributed by atoms with Gasteiger partial charge in [-0.25, -0.2) is 0 Å².